The van der Waals surface area contributed by atoms with Crippen molar-refractivity contribution in [3.63, 3.8) is 0 Å². The number of carbonyl (C=O) groups is 2. The molecule has 438 valence electrons. The molecule has 0 aromatic heterocycles. The highest BCUT2D eigenvalue weighted by atomic mass is 31.2. The summed E-state index contributed by atoms with van der Waals surface area (Å²) >= 11 is 0. The van der Waals surface area contributed by atoms with Crippen molar-refractivity contribution in [2.24, 2.45) is 5.73 Å². The molecule has 2 atom stereocenters. The highest BCUT2D eigenvalue weighted by molar-refractivity contribution is 7.47. The molecule has 10 heteroatoms. The largest absolute Gasteiger partial charge is 0.472 e. The van der Waals surface area contributed by atoms with E-state index in [0.29, 0.717) is 6.42 Å². The molecular weight excluding hydrogens is 954 g/mol. The van der Waals surface area contributed by atoms with E-state index in [2.05, 4.69) is 74.6 Å². The van der Waals surface area contributed by atoms with Crippen LogP contribution in [0, 0.1) is 0 Å². The lowest BCUT2D eigenvalue weighted by molar-refractivity contribution is -0.161. The molecule has 0 radical (unpaired) electrons. The maximum Gasteiger partial charge on any atom is 0.472 e. The summed E-state index contributed by atoms with van der Waals surface area (Å²) in [6.45, 7) is 3.68. The molecule has 0 fully saturated rings. The van der Waals surface area contributed by atoms with Crippen LogP contribution in [0.25, 0.3) is 0 Å². The minimum atomic E-state index is -4.39. The Morgan fingerprint density at radius 1 is 0.413 bits per heavy atom. The van der Waals surface area contributed by atoms with Gasteiger partial charge in [-0.15, -0.1) is 0 Å². The number of phosphoric acid groups is 1. The molecule has 0 aliphatic carbocycles. The number of phosphoric ester groups is 1. The minimum Gasteiger partial charge on any atom is -0.462 e. The van der Waals surface area contributed by atoms with Crippen molar-refractivity contribution in [1.82, 2.24) is 0 Å². The zero-order valence-electron chi connectivity index (χ0n) is 49.0. The molecule has 0 bridgehead atoms. The number of esters is 2. The van der Waals surface area contributed by atoms with E-state index in [9.17, 15) is 19.0 Å². The summed E-state index contributed by atoms with van der Waals surface area (Å²) in [4.78, 5) is 35.3. The standard InChI is InChI=1S/C65H120NO8P/c1-3-5-7-9-11-13-15-17-19-21-23-25-27-29-30-31-32-34-36-38-40-42-44-46-48-50-52-54-56-58-65(68)74-63(62-73-75(69,70)72-60-59-66)61-71-64(67)57-55-53-51-49-47-45-43-41-39-37-35-33-28-26-24-22-20-18-16-14-12-10-8-6-4-2/h5,7,11,13,17,19,22-25,63H,3-4,6,8-10,12,14-16,18,20-21,26-62,66H2,1-2H3,(H,69,70)/b7-5-,13-11-,19-17-,24-22-,25-23-. The van der Waals surface area contributed by atoms with E-state index in [1.165, 1.54) is 212 Å². The Morgan fingerprint density at radius 2 is 0.733 bits per heavy atom. The monoisotopic (exact) mass is 1070 g/mol. The summed E-state index contributed by atoms with van der Waals surface area (Å²) in [7, 11) is -4.39. The SMILES string of the molecule is CC/C=C\C/C=C\C/C=C\C/C=C\CCCCCCCCCCCCCCCCCCC(=O)OC(COC(=O)CCCCCCCCCCCCCCC/C=C\CCCCCCCCCC)COP(=O)(O)OCCN. The molecule has 9 nitrogen and oxygen atoms in total. The van der Waals surface area contributed by atoms with Gasteiger partial charge in [0, 0.05) is 19.4 Å². The number of carbonyl (C=O) groups excluding carboxylic acids is 2. The predicted octanol–water partition coefficient (Wildman–Crippen LogP) is 20.3. The van der Waals surface area contributed by atoms with Gasteiger partial charge in [0.1, 0.15) is 6.61 Å². The molecule has 75 heavy (non-hydrogen) atoms. The van der Waals surface area contributed by atoms with Crippen molar-refractivity contribution in [1.29, 1.82) is 0 Å². The van der Waals surface area contributed by atoms with Crippen LogP contribution in [0.3, 0.4) is 0 Å². The van der Waals surface area contributed by atoms with E-state index in [-0.39, 0.29) is 38.6 Å². The van der Waals surface area contributed by atoms with Crippen molar-refractivity contribution in [3.05, 3.63) is 60.8 Å². The number of rotatable bonds is 60. The Kier molecular flexibility index (Phi) is 59.1. The Hall–Kier alpha value is -2.29. The molecule has 0 spiro atoms. The number of unbranched alkanes of at least 4 members (excludes halogenated alkanes) is 37. The van der Waals surface area contributed by atoms with E-state index in [0.717, 1.165) is 64.2 Å². The second kappa shape index (κ2) is 60.9. The highest BCUT2D eigenvalue weighted by Gasteiger charge is 2.26. The zero-order valence-corrected chi connectivity index (χ0v) is 49.9. The van der Waals surface area contributed by atoms with Crippen LogP contribution in [0.4, 0.5) is 0 Å². The molecular formula is C65H120NO8P. The van der Waals surface area contributed by atoms with Gasteiger partial charge in [-0.2, -0.15) is 0 Å². The second-order valence-electron chi connectivity index (χ2n) is 21.2. The van der Waals surface area contributed by atoms with E-state index in [4.69, 9.17) is 24.3 Å². The number of ether oxygens (including phenoxy) is 2. The molecule has 0 aliphatic heterocycles. The van der Waals surface area contributed by atoms with Crippen molar-refractivity contribution in [2.75, 3.05) is 26.4 Å². The van der Waals surface area contributed by atoms with Crippen LogP contribution >= 0.6 is 7.82 Å². The number of allylic oxidation sites excluding steroid dienone is 10. The summed E-state index contributed by atoms with van der Waals surface area (Å²) in [5.41, 5.74) is 5.39. The third kappa shape index (κ3) is 60.8. The lowest BCUT2D eigenvalue weighted by Gasteiger charge is -2.19. The molecule has 0 saturated carbocycles. The summed E-state index contributed by atoms with van der Waals surface area (Å²) in [6.07, 6.45) is 77.2. The fourth-order valence-electron chi connectivity index (χ4n) is 9.21. The van der Waals surface area contributed by atoms with Crippen LogP contribution in [-0.2, 0) is 32.7 Å². The van der Waals surface area contributed by atoms with Gasteiger partial charge in [-0.1, -0.05) is 280 Å². The van der Waals surface area contributed by atoms with Crippen molar-refractivity contribution >= 4 is 19.8 Å². The number of hydrogen-bond acceptors (Lipinski definition) is 8. The van der Waals surface area contributed by atoms with Gasteiger partial charge in [0.05, 0.1) is 13.2 Å². The van der Waals surface area contributed by atoms with Crippen molar-refractivity contribution in [2.45, 2.75) is 315 Å². The first-order valence-electron chi connectivity index (χ1n) is 31.8. The average Bonchev–Trinajstić information content (AvgIpc) is 3.40. The smallest absolute Gasteiger partial charge is 0.462 e. The first-order chi connectivity index (χ1) is 36.8. The maximum atomic E-state index is 12.7. The highest BCUT2D eigenvalue weighted by Crippen LogP contribution is 2.43. The summed E-state index contributed by atoms with van der Waals surface area (Å²) in [6, 6.07) is 0. The van der Waals surface area contributed by atoms with Crippen LogP contribution in [0.15, 0.2) is 60.8 Å². The number of nitrogens with two attached hydrogens (primary N) is 1. The van der Waals surface area contributed by atoms with Crippen LogP contribution in [0.1, 0.15) is 309 Å². The Bertz CT molecular complexity index is 1410. The average molecular weight is 1070 g/mol. The normalized spacial score (nSPS) is 13.4. The van der Waals surface area contributed by atoms with Gasteiger partial charge in [0.15, 0.2) is 6.10 Å². The van der Waals surface area contributed by atoms with Gasteiger partial charge in [0.25, 0.3) is 0 Å². The van der Waals surface area contributed by atoms with Gasteiger partial charge in [-0.3, -0.25) is 18.6 Å². The third-order valence-corrected chi connectivity index (χ3v) is 14.9. The minimum absolute atomic E-state index is 0.0536. The van der Waals surface area contributed by atoms with Gasteiger partial charge in [-0.25, -0.2) is 4.57 Å². The molecule has 2 unspecified atom stereocenters. The molecule has 0 aromatic carbocycles. The molecule has 0 saturated heterocycles. The van der Waals surface area contributed by atoms with E-state index in [1.807, 2.05) is 0 Å². The molecule has 0 heterocycles. The lowest BCUT2D eigenvalue weighted by Crippen LogP contribution is -2.29. The Labute approximate surface area is 463 Å². The van der Waals surface area contributed by atoms with Crippen LogP contribution in [0.5, 0.6) is 0 Å². The quantitative estimate of drug-likeness (QED) is 0.0264. The van der Waals surface area contributed by atoms with Crippen LogP contribution in [0.2, 0.25) is 0 Å². The lowest BCUT2D eigenvalue weighted by atomic mass is 10.0. The second-order valence-corrected chi connectivity index (χ2v) is 22.7. The fraction of sp³-hybridized carbons (Fsp3) is 0.815. The first kappa shape index (κ1) is 72.7. The summed E-state index contributed by atoms with van der Waals surface area (Å²) < 4.78 is 33.1. The van der Waals surface area contributed by atoms with Gasteiger partial charge in [-0.05, 0) is 77.0 Å². The van der Waals surface area contributed by atoms with E-state index in [1.54, 1.807) is 0 Å². The molecule has 3 N–H and O–H groups in total. The maximum absolute atomic E-state index is 12.7. The fourth-order valence-corrected chi connectivity index (χ4v) is 9.98. The topological polar surface area (TPSA) is 134 Å². The molecule has 0 amide bonds. The predicted molar refractivity (Wildman–Crippen MR) is 321 cm³/mol. The van der Waals surface area contributed by atoms with Gasteiger partial charge >= 0.3 is 19.8 Å². The van der Waals surface area contributed by atoms with Crippen LogP contribution in [-0.4, -0.2) is 49.3 Å². The van der Waals surface area contributed by atoms with Crippen molar-refractivity contribution in [3.8, 4) is 0 Å². The summed E-state index contributed by atoms with van der Waals surface area (Å²) in [5, 5.41) is 0. The molecule has 0 rings (SSSR count). The van der Waals surface area contributed by atoms with Gasteiger partial charge < -0.3 is 20.1 Å². The van der Waals surface area contributed by atoms with E-state index < -0.39 is 26.5 Å². The summed E-state index contributed by atoms with van der Waals surface area (Å²) in [5.74, 6) is -0.815. The number of hydrogen-bond donors (Lipinski definition) is 2. The zero-order chi connectivity index (χ0) is 54.5. The molecule has 0 aromatic rings. The van der Waals surface area contributed by atoms with Gasteiger partial charge in [0.2, 0.25) is 0 Å². The third-order valence-electron chi connectivity index (χ3n) is 13.9. The Morgan fingerprint density at radius 3 is 1.11 bits per heavy atom. The van der Waals surface area contributed by atoms with E-state index >= 15 is 0 Å². The Balaban J connectivity index is 3.90. The first-order valence-corrected chi connectivity index (χ1v) is 33.3. The van der Waals surface area contributed by atoms with Crippen LogP contribution < -0.4 is 5.73 Å². The molecule has 0 aliphatic rings. The van der Waals surface area contributed by atoms with Crippen molar-refractivity contribution < 1.29 is 37.6 Å².